The van der Waals surface area contributed by atoms with Crippen LogP contribution in [0, 0.1) is 0 Å². The minimum Gasteiger partial charge on any atom is -0.384 e. The lowest BCUT2D eigenvalue weighted by Crippen LogP contribution is -2.00. The Morgan fingerprint density at radius 1 is 1.50 bits per heavy atom. The average Bonchev–Trinajstić information content (AvgIpc) is 2.60. The topological polar surface area (TPSA) is 52.3 Å². The van der Waals surface area contributed by atoms with Gasteiger partial charge in [0.25, 0.3) is 0 Å². The fraction of sp³-hybridized carbons (Fsp3) is 0.375. The summed E-state index contributed by atoms with van der Waals surface area (Å²) in [5, 5.41) is 8.08. The predicted octanol–water partition coefficient (Wildman–Crippen LogP) is 1.08. The lowest BCUT2D eigenvalue weighted by Gasteiger charge is -1.98. The molecule has 0 fully saturated rings. The van der Waals surface area contributed by atoms with E-state index in [0.717, 1.165) is 17.9 Å². The first-order valence-electron chi connectivity index (χ1n) is 4.16. The molecule has 0 aliphatic heterocycles. The van der Waals surface area contributed by atoms with Crippen LogP contribution < -0.4 is 0 Å². The Bertz CT molecular complexity index is 442. The minimum absolute atomic E-state index is 0.640. The first-order chi connectivity index (χ1) is 6.83. The second kappa shape index (κ2) is 4.02. The lowest BCUT2D eigenvalue weighted by molar-refractivity contribution is 0.200. The third-order valence-electron chi connectivity index (χ3n) is 1.88. The van der Waals surface area contributed by atoms with Gasteiger partial charge in [0.05, 0.1) is 6.61 Å². The molecule has 6 heteroatoms. The molecule has 2 rings (SSSR count). The molecule has 0 saturated heterocycles. The Hall–Kier alpha value is -1.01. The monoisotopic (exact) mass is 256 g/mol. The van der Waals surface area contributed by atoms with Crippen LogP contribution in [0.3, 0.4) is 0 Å². The number of hydrogen-bond donors (Lipinski definition) is 0. The Morgan fingerprint density at radius 2 is 2.36 bits per heavy atom. The second-order valence-corrected chi connectivity index (χ2v) is 3.52. The normalized spacial score (nSPS) is 11.0. The van der Waals surface area contributed by atoms with Gasteiger partial charge in [0.15, 0.2) is 10.3 Å². The number of halogens is 1. The number of ether oxygens (including phenoxy) is 1. The fourth-order valence-corrected chi connectivity index (χ4v) is 1.60. The van der Waals surface area contributed by atoms with Crippen LogP contribution in [-0.4, -0.2) is 33.3 Å². The fourth-order valence-electron chi connectivity index (χ4n) is 1.21. The number of fused-ring (bicyclic) bond motifs is 1. The van der Waals surface area contributed by atoms with Gasteiger partial charge in [-0.2, -0.15) is 0 Å². The summed E-state index contributed by atoms with van der Waals surface area (Å²) in [5.74, 6) is 0.880. The molecule has 2 aromatic rings. The van der Waals surface area contributed by atoms with Gasteiger partial charge in [0.2, 0.25) is 0 Å². The molecule has 0 saturated carbocycles. The zero-order valence-electron chi connectivity index (χ0n) is 7.64. The second-order valence-electron chi connectivity index (χ2n) is 2.77. The summed E-state index contributed by atoms with van der Waals surface area (Å²) in [6, 6.07) is 0. The molecule has 0 aliphatic carbocycles. The van der Waals surface area contributed by atoms with E-state index >= 15 is 0 Å². The van der Waals surface area contributed by atoms with Crippen LogP contribution in [0.2, 0.25) is 0 Å². The van der Waals surface area contributed by atoms with E-state index in [0.29, 0.717) is 11.2 Å². The van der Waals surface area contributed by atoms with Crippen molar-refractivity contribution in [2.24, 2.45) is 0 Å². The van der Waals surface area contributed by atoms with Crippen LogP contribution >= 0.6 is 15.9 Å². The molecule has 74 valence electrons. The number of nitrogens with zero attached hydrogens (tertiary/aromatic N) is 4. The van der Waals surface area contributed by atoms with Crippen molar-refractivity contribution in [3.8, 4) is 0 Å². The van der Waals surface area contributed by atoms with Gasteiger partial charge in [-0.25, -0.2) is 4.98 Å². The maximum Gasteiger partial charge on any atom is 0.193 e. The van der Waals surface area contributed by atoms with E-state index in [1.165, 1.54) is 0 Å². The molecule has 0 aromatic carbocycles. The van der Waals surface area contributed by atoms with Gasteiger partial charge in [0, 0.05) is 25.9 Å². The van der Waals surface area contributed by atoms with Crippen LogP contribution in [0.15, 0.2) is 17.0 Å². The van der Waals surface area contributed by atoms with Crippen LogP contribution in [-0.2, 0) is 11.2 Å². The van der Waals surface area contributed by atoms with E-state index < -0.39 is 0 Å². The predicted molar refractivity (Wildman–Crippen MR) is 54.1 cm³/mol. The van der Waals surface area contributed by atoms with Gasteiger partial charge in [-0.1, -0.05) is 0 Å². The highest BCUT2D eigenvalue weighted by Crippen LogP contribution is 2.13. The van der Waals surface area contributed by atoms with E-state index in [9.17, 15) is 0 Å². The molecule has 0 radical (unpaired) electrons. The summed E-state index contributed by atoms with van der Waals surface area (Å²) in [6.07, 6.45) is 4.29. The average molecular weight is 257 g/mol. The highest BCUT2D eigenvalue weighted by atomic mass is 79.9. The molecule has 2 heterocycles. The standard InChI is InChI=1S/C8H9BrN4O/c1-14-5-2-6-11-12-8-7(9)10-3-4-13(6)8/h3-4H,2,5H2,1H3. The van der Waals surface area contributed by atoms with Crippen molar-refractivity contribution in [2.75, 3.05) is 13.7 Å². The Morgan fingerprint density at radius 3 is 3.14 bits per heavy atom. The molecule has 0 bridgehead atoms. The van der Waals surface area contributed by atoms with Crippen LogP contribution in [0.5, 0.6) is 0 Å². The summed E-state index contributed by atoms with van der Waals surface area (Å²) < 4.78 is 7.59. The maximum atomic E-state index is 4.99. The largest absolute Gasteiger partial charge is 0.384 e. The van der Waals surface area contributed by atoms with Gasteiger partial charge < -0.3 is 4.74 Å². The molecule has 0 spiro atoms. The van der Waals surface area contributed by atoms with E-state index in [1.54, 1.807) is 13.3 Å². The van der Waals surface area contributed by atoms with Crippen LogP contribution in [0.25, 0.3) is 5.65 Å². The summed E-state index contributed by atoms with van der Waals surface area (Å²) in [7, 11) is 1.67. The van der Waals surface area contributed by atoms with Crippen molar-refractivity contribution >= 4 is 21.6 Å². The molecule has 2 aromatic heterocycles. The maximum absolute atomic E-state index is 4.99. The van der Waals surface area contributed by atoms with Crippen LogP contribution in [0.4, 0.5) is 0 Å². The van der Waals surface area contributed by atoms with E-state index in [4.69, 9.17) is 4.74 Å². The first-order valence-corrected chi connectivity index (χ1v) is 4.95. The summed E-state index contributed by atoms with van der Waals surface area (Å²) in [4.78, 5) is 4.06. The Balaban J connectivity index is 2.42. The van der Waals surface area contributed by atoms with Gasteiger partial charge in [-0.05, 0) is 15.9 Å². The van der Waals surface area contributed by atoms with Gasteiger partial charge in [0.1, 0.15) is 5.82 Å². The zero-order valence-corrected chi connectivity index (χ0v) is 9.23. The molecular formula is C8H9BrN4O. The Kier molecular flexibility index (Phi) is 2.74. The Labute approximate surface area is 89.3 Å². The SMILES string of the molecule is COCCc1nnc2c(Br)nccn12. The minimum atomic E-state index is 0.640. The van der Waals surface area contributed by atoms with Crippen molar-refractivity contribution < 1.29 is 4.74 Å². The molecular weight excluding hydrogens is 248 g/mol. The molecule has 14 heavy (non-hydrogen) atoms. The molecule has 0 unspecified atom stereocenters. The van der Waals surface area contributed by atoms with Gasteiger partial charge >= 0.3 is 0 Å². The number of rotatable bonds is 3. The summed E-state index contributed by atoms with van der Waals surface area (Å²) in [6.45, 7) is 0.640. The highest BCUT2D eigenvalue weighted by Gasteiger charge is 2.07. The summed E-state index contributed by atoms with van der Waals surface area (Å²) in [5.41, 5.74) is 0.735. The molecule has 0 atom stereocenters. The van der Waals surface area contributed by atoms with E-state index in [1.807, 2.05) is 10.6 Å². The third kappa shape index (κ3) is 1.62. The smallest absolute Gasteiger partial charge is 0.193 e. The molecule has 0 N–H and O–H groups in total. The molecule has 5 nitrogen and oxygen atoms in total. The highest BCUT2D eigenvalue weighted by molar-refractivity contribution is 9.10. The third-order valence-corrected chi connectivity index (χ3v) is 2.44. The zero-order chi connectivity index (χ0) is 9.97. The first kappa shape index (κ1) is 9.54. The van der Waals surface area contributed by atoms with Crippen molar-refractivity contribution in [2.45, 2.75) is 6.42 Å². The summed E-state index contributed by atoms with van der Waals surface area (Å²) >= 11 is 3.31. The van der Waals surface area contributed by atoms with Crippen molar-refractivity contribution in [1.29, 1.82) is 0 Å². The number of hydrogen-bond acceptors (Lipinski definition) is 4. The van der Waals surface area contributed by atoms with Crippen molar-refractivity contribution in [3.63, 3.8) is 0 Å². The van der Waals surface area contributed by atoms with E-state index in [2.05, 4.69) is 31.1 Å². The lowest BCUT2D eigenvalue weighted by atomic mass is 10.4. The van der Waals surface area contributed by atoms with E-state index in [-0.39, 0.29) is 0 Å². The van der Waals surface area contributed by atoms with Crippen molar-refractivity contribution in [3.05, 3.63) is 22.8 Å². The van der Waals surface area contributed by atoms with Gasteiger partial charge in [-0.15, -0.1) is 10.2 Å². The van der Waals surface area contributed by atoms with Crippen LogP contribution in [0.1, 0.15) is 5.82 Å². The number of aromatic nitrogens is 4. The number of methoxy groups -OCH3 is 1. The quantitative estimate of drug-likeness (QED) is 0.825. The van der Waals surface area contributed by atoms with Gasteiger partial charge in [-0.3, -0.25) is 4.40 Å². The molecule has 0 aliphatic rings. The van der Waals surface area contributed by atoms with Crippen molar-refractivity contribution in [1.82, 2.24) is 19.6 Å². The molecule has 0 amide bonds.